The van der Waals surface area contributed by atoms with Gasteiger partial charge in [-0.1, -0.05) is 32.0 Å². The van der Waals surface area contributed by atoms with E-state index in [1.807, 2.05) is 13.8 Å². The lowest BCUT2D eigenvalue weighted by Gasteiger charge is -2.31. The van der Waals surface area contributed by atoms with E-state index in [0.29, 0.717) is 29.5 Å². The summed E-state index contributed by atoms with van der Waals surface area (Å²) in [6, 6.07) is 11.5. The Hall–Kier alpha value is -4.12. The third-order valence-corrected chi connectivity index (χ3v) is 6.29. The molecule has 0 aliphatic carbocycles. The molecule has 0 fully saturated rings. The van der Waals surface area contributed by atoms with Gasteiger partial charge in [-0.3, -0.25) is 19.3 Å². The number of amides is 3. The van der Waals surface area contributed by atoms with E-state index in [4.69, 9.17) is 16.2 Å². The number of anilines is 2. The first-order valence-electron chi connectivity index (χ1n) is 11.2. The number of methoxy groups -OCH3 is 1. The first-order valence-corrected chi connectivity index (χ1v) is 12.0. The molecule has 190 valence electrons. The number of phenols is 1. The zero-order valence-electron chi connectivity index (χ0n) is 20.2. The average Bonchev–Trinajstić information content (AvgIpc) is 3.24. The third-order valence-electron chi connectivity index (χ3n) is 5.44. The van der Waals surface area contributed by atoms with E-state index in [1.54, 1.807) is 36.4 Å². The van der Waals surface area contributed by atoms with Crippen LogP contribution in [0.4, 0.5) is 11.4 Å². The van der Waals surface area contributed by atoms with E-state index in [-0.39, 0.29) is 22.0 Å². The molecule has 6 N–H and O–H groups in total. The number of phenolic OH excluding ortho intramolecular Hbond substituents is 1. The lowest BCUT2D eigenvalue weighted by molar-refractivity contribution is -0.122. The Balaban J connectivity index is 2.17. The van der Waals surface area contributed by atoms with Crippen LogP contribution < -0.4 is 26.4 Å². The molecule has 3 aromatic rings. The summed E-state index contributed by atoms with van der Waals surface area (Å²) in [5.41, 5.74) is 11.8. The number of carbonyl (C=O) groups is 3. The van der Waals surface area contributed by atoms with Gasteiger partial charge in [0.1, 0.15) is 22.4 Å². The minimum atomic E-state index is -1.14. The summed E-state index contributed by atoms with van der Waals surface area (Å²) in [7, 11) is 1.49. The Morgan fingerprint density at radius 3 is 2.44 bits per heavy atom. The number of nitrogen functional groups attached to an aromatic ring is 1. The van der Waals surface area contributed by atoms with Gasteiger partial charge in [0.15, 0.2) is 5.69 Å². The summed E-state index contributed by atoms with van der Waals surface area (Å²) < 4.78 is 9.28. The molecule has 0 bridgehead atoms. The highest BCUT2D eigenvalue weighted by Gasteiger charge is 2.36. The van der Waals surface area contributed by atoms with Crippen molar-refractivity contribution >= 4 is 40.6 Å². The molecule has 0 saturated carbocycles. The molecule has 0 aliphatic heterocycles. The van der Waals surface area contributed by atoms with E-state index in [9.17, 15) is 19.5 Å². The van der Waals surface area contributed by atoms with Crippen molar-refractivity contribution in [3.8, 4) is 11.5 Å². The highest BCUT2D eigenvalue weighted by molar-refractivity contribution is 7.09. The molecule has 3 rings (SSSR count). The molecule has 3 amide bonds. The van der Waals surface area contributed by atoms with Crippen LogP contribution in [0.5, 0.6) is 11.5 Å². The predicted molar refractivity (Wildman–Crippen MR) is 138 cm³/mol. The number of nitrogens with zero attached hydrogens (tertiary/aromatic N) is 2. The summed E-state index contributed by atoms with van der Waals surface area (Å²) in [6.07, 6.45) is 0.741. The Kier molecular flexibility index (Phi) is 8.49. The number of rotatable bonds is 10. The number of aromatic hydroxyl groups is 1. The van der Waals surface area contributed by atoms with Gasteiger partial charge in [0.25, 0.3) is 11.8 Å². The molecule has 0 aliphatic rings. The largest absolute Gasteiger partial charge is 0.508 e. The first-order chi connectivity index (χ1) is 17.1. The molecule has 1 atom stereocenters. The molecule has 36 heavy (non-hydrogen) atoms. The van der Waals surface area contributed by atoms with E-state index in [2.05, 4.69) is 9.69 Å². The highest BCUT2D eigenvalue weighted by atomic mass is 32.1. The molecule has 10 nitrogen and oxygen atoms in total. The summed E-state index contributed by atoms with van der Waals surface area (Å²) >= 11 is 0.724. The number of carbonyl (C=O) groups excluding carboxylic acids is 3. The van der Waals surface area contributed by atoms with Crippen molar-refractivity contribution in [2.45, 2.75) is 26.3 Å². The second kappa shape index (κ2) is 11.5. The minimum Gasteiger partial charge on any atom is -0.508 e. The van der Waals surface area contributed by atoms with Gasteiger partial charge in [0.2, 0.25) is 5.91 Å². The fraction of sp³-hybridized carbons (Fsp3) is 0.280. The van der Waals surface area contributed by atoms with Gasteiger partial charge in [0, 0.05) is 18.3 Å². The monoisotopic (exact) mass is 511 g/mol. The van der Waals surface area contributed by atoms with Crippen molar-refractivity contribution < 1.29 is 24.2 Å². The predicted octanol–water partition coefficient (Wildman–Crippen LogP) is 3.09. The molecule has 2 aromatic carbocycles. The molecular formula is C25H29N5O5S. The van der Waals surface area contributed by atoms with Gasteiger partial charge in [-0.15, -0.1) is 0 Å². The first kappa shape index (κ1) is 26.5. The van der Waals surface area contributed by atoms with E-state index < -0.39 is 23.8 Å². The van der Waals surface area contributed by atoms with Crippen LogP contribution in [0.15, 0.2) is 48.5 Å². The number of ether oxygens (including phenoxy) is 1. The van der Waals surface area contributed by atoms with Crippen LogP contribution in [-0.2, 0) is 4.79 Å². The average molecular weight is 512 g/mol. The van der Waals surface area contributed by atoms with Crippen LogP contribution in [0, 0.1) is 5.92 Å². The van der Waals surface area contributed by atoms with Crippen molar-refractivity contribution in [2.75, 3.05) is 24.3 Å². The Bertz CT molecular complexity index is 1240. The summed E-state index contributed by atoms with van der Waals surface area (Å²) in [5.74, 6) is -1.12. The fourth-order valence-electron chi connectivity index (χ4n) is 3.54. The van der Waals surface area contributed by atoms with Gasteiger partial charge in [-0.25, -0.2) is 0 Å². The van der Waals surface area contributed by atoms with Crippen LogP contribution in [0.1, 0.15) is 52.0 Å². The number of nitrogens with two attached hydrogens (primary N) is 2. The Morgan fingerprint density at radius 1 is 1.17 bits per heavy atom. The number of primary amides is 1. The van der Waals surface area contributed by atoms with Gasteiger partial charge in [-0.2, -0.15) is 4.37 Å². The van der Waals surface area contributed by atoms with Gasteiger partial charge in [-0.05, 0) is 53.7 Å². The molecule has 1 aromatic heterocycles. The highest BCUT2D eigenvalue weighted by Crippen LogP contribution is 2.35. The second-order valence-electron chi connectivity index (χ2n) is 8.48. The molecule has 0 spiro atoms. The molecule has 1 unspecified atom stereocenters. The van der Waals surface area contributed by atoms with Crippen molar-refractivity contribution in [3.05, 3.63) is 64.7 Å². The Morgan fingerprint density at radius 2 is 1.86 bits per heavy atom. The van der Waals surface area contributed by atoms with E-state index in [0.717, 1.165) is 18.0 Å². The molecular weight excluding hydrogens is 482 g/mol. The van der Waals surface area contributed by atoms with Crippen LogP contribution in [0.25, 0.3) is 0 Å². The van der Waals surface area contributed by atoms with Gasteiger partial charge >= 0.3 is 0 Å². The van der Waals surface area contributed by atoms with Crippen LogP contribution in [-0.4, -0.2) is 40.9 Å². The normalized spacial score (nSPS) is 11.7. The zero-order valence-corrected chi connectivity index (χ0v) is 21.0. The van der Waals surface area contributed by atoms with Gasteiger partial charge in [0.05, 0.1) is 12.8 Å². The standard InChI is InChI=1S/C25H29N5O5S/c1-14(2)11-12-28-24(33)21(15-7-9-17(31)10-8-15)30(16-5-4-6-18(13-16)35-3)25(34)22-19(26)20(23(27)32)29-36-22/h4-10,13-14,21,31H,11-12,26H2,1-3H3,(H2,27,32)(H,28,33). The molecule has 0 radical (unpaired) electrons. The lowest BCUT2D eigenvalue weighted by atomic mass is 10.0. The zero-order chi connectivity index (χ0) is 26.4. The third kappa shape index (κ3) is 5.92. The van der Waals surface area contributed by atoms with E-state index >= 15 is 0 Å². The smallest absolute Gasteiger partial charge is 0.273 e. The lowest BCUT2D eigenvalue weighted by Crippen LogP contribution is -2.44. The summed E-state index contributed by atoms with van der Waals surface area (Å²) in [4.78, 5) is 40.5. The maximum Gasteiger partial charge on any atom is 0.273 e. The summed E-state index contributed by atoms with van der Waals surface area (Å²) in [6.45, 7) is 4.48. The topological polar surface area (TPSA) is 161 Å². The minimum absolute atomic E-state index is 0.00905. The quantitative estimate of drug-likeness (QED) is 0.325. The molecule has 1 heterocycles. The molecule has 0 saturated heterocycles. The fourth-order valence-corrected chi connectivity index (χ4v) is 4.28. The van der Waals surface area contributed by atoms with Crippen molar-refractivity contribution in [1.29, 1.82) is 0 Å². The second-order valence-corrected chi connectivity index (χ2v) is 9.26. The van der Waals surface area contributed by atoms with Crippen molar-refractivity contribution in [1.82, 2.24) is 9.69 Å². The van der Waals surface area contributed by atoms with Crippen LogP contribution in [0.2, 0.25) is 0 Å². The number of hydrogen-bond donors (Lipinski definition) is 4. The maximum atomic E-state index is 14.0. The summed E-state index contributed by atoms with van der Waals surface area (Å²) in [5, 5.41) is 12.7. The number of nitrogens with one attached hydrogen (secondary N) is 1. The van der Waals surface area contributed by atoms with Gasteiger partial charge < -0.3 is 26.6 Å². The number of hydrogen-bond acceptors (Lipinski definition) is 8. The van der Waals surface area contributed by atoms with Crippen molar-refractivity contribution in [3.63, 3.8) is 0 Å². The van der Waals surface area contributed by atoms with Crippen molar-refractivity contribution in [2.24, 2.45) is 11.7 Å². The van der Waals surface area contributed by atoms with Crippen LogP contribution in [0.3, 0.4) is 0 Å². The molecule has 11 heteroatoms. The number of benzene rings is 2. The Labute approximate surface area is 213 Å². The SMILES string of the molecule is COc1cccc(N(C(=O)c2snc(C(N)=O)c2N)C(C(=O)NCCC(C)C)c2ccc(O)cc2)c1. The number of aromatic nitrogens is 1. The maximum absolute atomic E-state index is 14.0. The van der Waals surface area contributed by atoms with Crippen LogP contribution >= 0.6 is 11.5 Å². The van der Waals surface area contributed by atoms with E-state index in [1.165, 1.54) is 24.1 Å².